The number of carbonyl (C=O) groups is 1. The van der Waals surface area contributed by atoms with Gasteiger partial charge in [0.1, 0.15) is 11.5 Å². The van der Waals surface area contributed by atoms with E-state index in [0.29, 0.717) is 23.9 Å². The highest BCUT2D eigenvalue weighted by Gasteiger charge is 2.13. The van der Waals surface area contributed by atoms with Crippen LogP contribution in [0.25, 0.3) is 0 Å². The molecule has 0 fully saturated rings. The molecule has 106 valence electrons. The lowest BCUT2D eigenvalue weighted by Gasteiger charge is -2.12. The van der Waals surface area contributed by atoms with E-state index >= 15 is 0 Å². The number of nitrogens with one attached hydrogen (secondary N) is 2. The van der Waals surface area contributed by atoms with Crippen molar-refractivity contribution in [1.29, 1.82) is 0 Å². The van der Waals surface area contributed by atoms with E-state index in [0.717, 1.165) is 16.8 Å². The number of H-pyrrole nitrogens is 1. The van der Waals surface area contributed by atoms with Crippen LogP contribution in [0.15, 0.2) is 12.3 Å². The highest BCUT2D eigenvalue weighted by molar-refractivity contribution is 5.92. The molecule has 0 aliphatic carbocycles. The summed E-state index contributed by atoms with van der Waals surface area (Å²) in [6.07, 6.45) is 1.52. The average molecular weight is 274 g/mol. The molecule has 0 atom stereocenters. The molecule has 0 saturated heterocycles. The van der Waals surface area contributed by atoms with Crippen molar-refractivity contribution in [1.82, 2.24) is 20.3 Å². The van der Waals surface area contributed by atoms with E-state index < -0.39 is 0 Å². The molecular weight excluding hydrogens is 256 g/mol. The van der Waals surface area contributed by atoms with E-state index in [1.54, 1.807) is 14.0 Å². The molecule has 0 aliphatic rings. The summed E-state index contributed by atoms with van der Waals surface area (Å²) in [5.41, 5.74) is 3.25. The third-order valence-electron chi connectivity index (χ3n) is 3.00. The molecule has 0 saturated carbocycles. The number of aryl methyl sites for hydroxylation is 3. The molecular formula is C14H18N4O2. The summed E-state index contributed by atoms with van der Waals surface area (Å²) in [6.45, 7) is 6.04. The quantitative estimate of drug-likeness (QED) is 0.888. The summed E-state index contributed by atoms with van der Waals surface area (Å²) >= 11 is 0. The molecule has 2 heterocycles. The molecule has 6 nitrogen and oxygen atoms in total. The first-order valence-electron chi connectivity index (χ1n) is 6.32. The van der Waals surface area contributed by atoms with Crippen LogP contribution in [0.4, 0.5) is 0 Å². The van der Waals surface area contributed by atoms with Crippen LogP contribution < -0.4 is 10.1 Å². The Balaban J connectivity index is 2.13. The number of methoxy groups -OCH3 is 1. The lowest BCUT2D eigenvalue weighted by molar-refractivity contribution is 0.0946. The summed E-state index contributed by atoms with van der Waals surface area (Å²) in [7, 11) is 1.57. The molecule has 0 aromatic carbocycles. The first-order chi connectivity index (χ1) is 9.51. The summed E-state index contributed by atoms with van der Waals surface area (Å²) in [5, 5.41) is 2.83. The molecule has 0 radical (unpaired) electrons. The van der Waals surface area contributed by atoms with Gasteiger partial charge in [0, 0.05) is 17.8 Å². The van der Waals surface area contributed by atoms with Gasteiger partial charge in [-0.3, -0.25) is 4.79 Å². The van der Waals surface area contributed by atoms with Gasteiger partial charge in [-0.1, -0.05) is 0 Å². The van der Waals surface area contributed by atoms with Crippen LogP contribution in [0.1, 0.15) is 33.1 Å². The van der Waals surface area contributed by atoms with Crippen LogP contribution >= 0.6 is 0 Å². The lowest BCUT2D eigenvalue weighted by Crippen LogP contribution is -2.24. The number of hydrogen-bond acceptors (Lipinski definition) is 4. The normalized spacial score (nSPS) is 10.4. The van der Waals surface area contributed by atoms with Crippen molar-refractivity contribution in [3.63, 3.8) is 0 Å². The molecule has 2 aromatic heterocycles. The lowest BCUT2D eigenvalue weighted by atomic mass is 10.1. The van der Waals surface area contributed by atoms with E-state index in [9.17, 15) is 4.79 Å². The first kappa shape index (κ1) is 14.0. The zero-order valence-corrected chi connectivity index (χ0v) is 12.1. The van der Waals surface area contributed by atoms with E-state index in [1.807, 2.05) is 19.9 Å². The summed E-state index contributed by atoms with van der Waals surface area (Å²) in [5.74, 6) is 1.05. The standard InChI is InChI=1S/C14H18N4O2/c1-8-5-9(2)17-14(20-4)11(8)6-16-13(19)12-7-15-10(3)18-12/h5,7H,6H2,1-4H3,(H,15,18)(H,16,19). The number of carbonyl (C=O) groups excluding carboxylic acids is 1. The van der Waals surface area contributed by atoms with Gasteiger partial charge >= 0.3 is 0 Å². The molecule has 2 rings (SSSR count). The predicted molar refractivity (Wildman–Crippen MR) is 74.8 cm³/mol. The van der Waals surface area contributed by atoms with Gasteiger partial charge in [-0.25, -0.2) is 9.97 Å². The van der Waals surface area contributed by atoms with Crippen molar-refractivity contribution < 1.29 is 9.53 Å². The minimum atomic E-state index is -0.201. The van der Waals surface area contributed by atoms with Crippen LogP contribution in [-0.2, 0) is 6.54 Å². The van der Waals surface area contributed by atoms with Crippen molar-refractivity contribution in [3.8, 4) is 5.88 Å². The smallest absolute Gasteiger partial charge is 0.269 e. The maximum atomic E-state index is 12.0. The van der Waals surface area contributed by atoms with Gasteiger partial charge in [0.15, 0.2) is 0 Å². The second-order valence-electron chi connectivity index (χ2n) is 4.63. The second-order valence-corrected chi connectivity index (χ2v) is 4.63. The Hall–Kier alpha value is -2.37. The highest BCUT2D eigenvalue weighted by Crippen LogP contribution is 2.20. The van der Waals surface area contributed by atoms with Crippen molar-refractivity contribution >= 4 is 5.91 Å². The van der Waals surface area contributed by atoms with E-state index in [-0.39, 0.29) is 5.91 Å². The fourth-order valence-electron chi connectivity index (χ4n) is 2.01. The zero-order valence-electron chi connectivity index (χ0n) is 12.1. The molecule has 2 aromatic rings. The first-order valence-corrected chi connectivity index (χ1v) is 6.32. The molecule has 0 bridgehead atoms. The average Bonchev–Trinajstić information content (AvgIpc) is 2.83. The summed E-state index contributed by atoms with van der Waals surface area (Å²) in [4.78, 5) is 23.2. The fraction of sp³-hybridized carbons (Fsp3) is 0.357. The van der Waals surface area contributed by atoms with Gasteiger partial charge < -0.3 is 15.0 Å². The van der Waals surface area contributed by atoms with Gasteiger partial charge in [0.2, 0.25) is 5.88 Å². The Morgan fingerprint density at radius 1 is 1.40 bits per heavy atom. The molecule has 6 heteroatoms. The summed E-state index contributed by atoms with van der Waals surface area (Å²) < 4.78 is 5.27. The minimum absolute atomic E-state index is 0.201. The maximum absolute atomic E-state index is 12.0. The highest BCUT2D eigenvalue weighted by atomic mass is 16.5. The molecule has 1 amide bonds. The predicted octanol–water partition coefficient (Wildman–Crippen LogP) is 1.67. The van der Waals surface area contributed by atoms with Gasteiger partial charge in [0.25, 0.3) is 5.91 Å². The number of ether oxygens (including phenoxy) is 1. The SMILES string of the molecule is COc1nc(C)cc(C)c1CNC(=O)c1cnc(C)[nH]1. The largest absolute Gasteiger partial charge is 0.481 e. The number of pyridine rings is 1. The molecule has 0 unspecified atom stereocenters. The molecule has 20 heavy (non-hydrogen) atoms. The number of aromatic amines is 1. The van der Waals surface area contributed by atoms with Gasteiger partial charge in [0.05, 0.1) is 13.3 Å². The second kappa shape index (κ2) is 5.73. The molecule has 0 aliphatic heterocycles. The monoisotopic (exact) mass is 274 g/mol. The van der Waals surface area contributed by atoms with Crippen LogP contribution in [0.5, 0.6) is 5.88 Å². The minimum Gasteiger partial charge on any atom is -0.481 e. The Bertz CT molecular complexity index is 634. The third kappa shape index (κ3) is 2.96. The zero-order chi connectivity index (χ0) is 14.7. The van der Waals surface area contributed by atoms with Crippen molar-refractivity contribution in [2.24, 2.45) is 0 Å². The van der Waals surface area contributed by atoms with Crippen LogP contribution in [0.2, 0.25) is 0 Å². The number of rotatable bonds is 4. The Labute approximate surface area is 117 Å². The van der Waals surface area contributed by atoms with Gasteiger partial charge in [-0.05, 0) is 32.4 Å². The number of imidazole rings is 1. The van der Waals surface area contributed by atoms with Crippen LogP contribution in [0.3, 0.4) is 0 Å². The van der Waals surface area contributed by atoms with Crippen LogP contribution in [0, 0.1) is 20.8 Å². The molecule has 0 spiro atoms. The number of hydrogen-bond donors (Lipinski definition) is 2. The third-order valence-corrected chi connectivity index (χ3v) is 3.00. The van der Waals surface area contributed by atoms with Crippen molar-refractivity contribution in [2.75, 3.05) is 7.11 Å². The Morgan fingerprint density at radius 2 is 2.15 bits per heavy atom. The summed E-state index contributed by atoms with van der Waals surface area (Å²) in [6, 6.07) is 1.96. The number of aromatic nitrogens is 3. The number of nitrogens with zero attached hydrogens (tertiary/aromatic N) is 2. The Kier molecular flexibility index (Phi) is 4.02. The molecule has 2 N–H and O–H groups in total. The number of amides is 1. The van der Waals surface area contributed by atoms with Crippen LogP contribution in [-0.4, -0.2) is 28.0 Å². The fourth-order valence-corrected chi connectivity index (χ4v) is 2.01. The van der Waals surface area contributed by atoms with E-state index in [2.05, 4.69) is 20.3 Å². The Morgan fingerprint density at radius 3 is 2.75 bits per heavy atom. The van der Waals surface area contributed by atoms with Crippen molar-refractivity contribution in [3.05, 3.63) is 40.6 Å². The topological polar surface area (TPSA) is 79.9 Å². The van der Waals surface area contributed by atoms with Crippen molar-refractivity contribution in [2.45, 2.75) is 27.3 Å². The van der Waals surface area contributed by atoms with E-state index in [4.69, 9.17) is 4.74 Å². The van der Waals surface area contributed by atoms with Gasteiger partial charge in [-0.15, -0.1) is 0 Å². The van der Waals surface area contributed by atoms with E-state index in [1.165, 1.54) is 6.20 Å². The van der Waals surface area contributed by atoms with Gasteiger partial charge in [-0.2, -0.15) is 0 Å². The maximum Gasteiger partial charge on any atom is 0.269 e.